The van der Waals surface area contributed by atoms with E-state index in [0.29, 0.717) is 0 Å². The van der Waals surface area contributed by atoms with Gasteiger partial charge in [0.05, 0.1) is 17.1 Å². The third kappa shape index (κ3) is 4.10. The van der Waals surface area contributed by atoms with E-state index in [-0.39, 0.29) is 0 Å². The van der Waals surface area contributed by atoms with Crippen molar-refractivity contribution in [2.24, 2.45) is 0 Å². The van der Waals surface area contributed by atoms with E-state index < -0.39 is 0 Å². The minimum atomic E-state index is 1.10. The Balaban J connectivity index is 1.63. The van der Waals surface area contributed by atoms with Crippen LogP contribution in [0, 0.1) is 0 Å². The molecule has 0 spiro atoms. The lowest BCUT2D eigenvalue weighted by atomic mass is 10.1. The third-order valence-electron chi connectivity index (χ3n) is 6.41. The fourth-order valence-corrected chi connectivity index (χ4v) is 4.81. The average Bonchev–Trinajstić information content (AvgIpc) is 2.96. The molecule has 6 aromatic rings. The van der Waals surface area contributed by atoms with Crippen LogP contribution >= 0.6 is 0 Å². The van der Waals surface area contributed by atoms with Crippen molar-refractivity contribution in [2.45, 2.75) is 0 Å². The number of anilines is 6. The molecule has 0 radical (unpaired) electrons. The second kappa shape index (κ2) is 9.81. The van der Waals surface area contributed by atoms with Crippen molar-refractivity contribution in [3.63, 3.8) is 0 Å². The van der Waals surface area contributed by atoms with Crippen molar-refractivity contribution >= 4 is 44.9 Å². The molecule has 2 heteroatoms. The van der Waals surface area contributed by atoms with Gasteiger partial charge in [-0.15, -0.1) is 0 Å². The Morgan fingerprint density at radius 1 is 0.278 bits per heavy atom. The molecule has 36 heavy (non-hydrogen) atoms. The minimum absolute atomic E-state index is 1.10. The van der Waals surface area contributed by atoms with Gasteiger partial charge in [0.1, 0.15) is 0 Å². The molecule has 0 saturated heterocycles. The number of benzene rings is 6. The summed E-state index contributed by atoms with van der Waals surface area (Å²) in [6.45, 7) is 0. The number of rotatable bonds is 6. The van der Waals surface area contributed by atoms with E-state index in [0.717, 1.165) is 34.1 Å². The maximum atomic E-state index is 2.37. The van der Waals surface area contributed by atoms with Gasteiger partial charge in [0, 0.05) is 22.4 Å². The van der Waals surface area contributed by atoms with E-state index >= 15 is 0 Å². The van der Waals surface area contributed by atoms with Crippen LogP contribution in [-0.2, 0) is 0 Å². The highest BCUT2D eigenvalue weighted by atomic mass is 15.2. The van der Waals surface area contributed by atoms with Gasteiger partial charge in [-0.25, -0.2) is 0 Å². The van der Waals surface area contributed by atoms with E-state index in [4.69, 9.17) is 0 Å². The van der Waals surface area contributed by atoms with Gasteiger partial charge in [-0.2, -0.15) is 0 Å². The fraction of sp³-hybridized carbons (Fsp3) is 0. The number of hydrogen-bond acceptors (Lipinski definition) is 2. The molecule has 0 aliphatic rings. The predicted molar refractivity (Wildman–Crippen MR) is 153 cm³/mol. The molecule has 0 N–H and O–H groups in total. The van der Waals surface area contributed by atoms with Crippen molar-refractivity contribution in [1.82, 2.24) is 0 Å². The molecular formula is C34H26N2. The molecule has 0 aromatic heterocycles. The molecule has 0 amide bonds. The van der Waals surface area contributed by atoms with Crippen molar-refractivity contribution in [3.05, 3.63) is 158 Å². The molecule has 0 aliphatic carbocycles. The minimum Gasteiger partial charge on any atom is -0.308 e. The first-order chi connectivity index (χ1) is 17.9. The van der Waals surface area contributed by atoms with Gasteiger partial charge in [0.2, 0.25) is 0 Å². The average molecular weight is 463 g/mol. The predicted octanol–water partition coefficient (Wildman–Crippen LogP) is 9.78. The summed E-state index contributed by atoms with van der Waals surface area (Å²) in [6.07, 6.45) is 0. The first-order valence-corrected chi connectivity index (χ1v) is 12.2. The molecule has 0 bridgehead atoms. The summed E-state index contributed by atoms with van der Waals surface area (Å²) in [6, 6.07) is 55.5. The molecular weight excluding hydrogens is 436 g/mol. The van der Waals surface area contributed by atoms with Gasteiger partial charge in [-0.1, -0.05) is 103 Å². The van der Waals surface area contributed by atoms with Crippen LogP contribution in [0.2, 0.25) is 0 Å². The fourth-order valence-electron chi connectivity index (χ4n) is 4.81. The van der Waals surface area contributed by atoms with E-state index in [1.165, 1.54) is 10.8 Å². The van der Waals surface area contributed by atoms with Crippen molar-refractivity contribution in [1.29, 1.82) is 0 Å². The summed E-state index contributed by atoms with van der Waals surface area (Å²) < 4.78 is 0. The summed E-state index contributed by atoms with van der Waals surface area (Å²) in [4.78, 5) is 4.70. The molecule has 0 heterocycles. The molecule has 0 unspecified atom stereocenters. The van der Waals surface area contributed by atoms with Gasteiger partial charge in [-0.05, 0) is 60.0 Å². The van der Waals surface area contributed by atoms with Crippen molar-refractivity contribution in [3.8, 4) is 0 Å². The second-order valence-corrected chi connectivity index (χ2v) is 8.66. The summed E-state index contributed by atoms with van der Waals surface area (Å²) in [5.41, 5.74) is 6.69. The van der Waals surface area contributed by atoms with E-state index in [1.54, 1.807) is 0 Å². The number of nitrogens with zero attached hydrogens (tertiary/aromatic N) is 2. The zero-order valence-corrected chi connectivity index (χ0v) is 19.9. The zero-order chi connectivity index (χ0) is 24.2. The molecule has 6 rings (SSSR count). The summed E-state index contributed by atoms with van der Waals surface area (Å²) >= 11 is 0. The molecule has 0 atom stereocenters. The topological polar surface area (TPSA) is 6.48 Å². The third-order valence-corrected chi connectivity index (χ3v) is 6.41. The Labute approximate surface area is 212 Å². The van der Waals surface area contributed by atoms with Crippen LogP contribution in [-0.4, -0.2) is 0 Å². The molecule has 0 aliphatic heterocycles. The Bertz CT molecular complexity index is 1530. The van der Waals surface area contributed by atoms with Crippen LogP contribution in [0.3, 0.4) is 0 Å². The molecule has 6 aromatic carbocycles. The smallest absolute Gasteiger partial charge is 0.0702 e. The Hall–Kier alpha value is -4.82. The lowest BCUT2D eigenvalue weighted by Crippen LogP contribution is -2.17. The van der Waals surface area contributed by atoms with Gasteiger partial charge in [-0.3, -0.25) is 0 Å². The van der Waals surface area contributed by atoms with Gasteiger partial charge < -0.3 is 9.80 Å². The zero-order valence-electron chi connectivity index (χ0n) is 19.9. The first-order valence-electron chi connectivity index (χ1n) is 12.2. The van der Waals surface area contributed by atoms with Crippen molar-refractivity contribution < 1.29 is 0 Å². The Morgan fingerprint density at radius 3 is 1.25 bits per heavy atom. The summed E-state index contributed by atoms with van der Waals surface area (Å²) in [7, 11) is 0. The highest BCUT2D eigenvalue weighted by molar-refractivity contribution is 6.01. The lowest BCUT2D eigenvalue weighted by molar-refractivity contribution is 1.23. The van der Waals surface area contributed by atoms with Crippen LogP contribution in [0.25, 0.3) is 10.8 Å². The van der Waals surface area contributed by atoms with Crippen LogP contribution < -0.4 is 9.80 Å². The number of fused-ring (bicyclic) bond motifs is 1. The van der Waals surface area contributed by atoms with E-state index in [1.807, 2.05) is 0 Å². The maximum Gasteiger partial charge on any atom is 0.0702 e. The van der Waals surface area contributed by atoms with Crippen LogP contribution in [0.5, 0.6) is 0 Å². The SMILES string of the molecule is c1ccc(N(c2ccccc2)c2ccccc2N(c2ccccc2)c2cccc3ccccc23)cc1. The Kier molecular flexibility index (Phi) is 5.91. The van der Waals surface area contributed by atoms with Gasteiger partial charge in [0.25, 0.3) is 0 Å². The van der Waals surface area contributed by atoms with E-state index in [2.05, 4.69) is 168 Å². The first kappa shape index (κ1) is 21.7. The van der Waals surface area contributed by atoms with Crippen LogP contribution in [0.1, 0.15) is 0 Å². The maximum absolute atomic E-state index is 2.37. The molecule has 0 saturated carbocycles. The van der Waals surface area contributed by atoms with Crippen LogP contribution in [0.15, 0.2) is 158 Å². The largest absolute Gasteiger partial charge is 0.308 e. The summed E-state index contributed by atoms with van der Waals surface area (Å²) in [5.74, 6) is 0. The number of hydrogen-bond donors (Lipinski definition) is 0. The highest BCUT2D eigenvalue weighted by Gasteiger charge is 2.22. The molecule has 172 valence electrons. The Morgan fingerprint density at radius 2 is 0.667 bits per heavy atom. The van der Waals surface area contributed by atoms with Crippen LogP contribution in [0.4, 0.5) is 34.1 Å². The second-order valence-electron chi connectivity index (χ2n) is 8.66. The van der Waals surface area contributed by atoms with Gasteiger partial charge >= 0.3 is 0 Å². The van der Waals surface area contributed by atoms with Crippen molar-refractivity contribution in [2.75, 3.05) is 9.80 Å². The normalized spacial score (nSPS) is 10.8. The van der Waals surface area contributed by atoms with E-state index in [9.17, 15) is 0 Å². The lowest BCUT2D eigenvalue weighted by Gasteiger charge is -2.33. The number of para-hydroxylation sites is 5. The van der Waals surface area contributed by atoms with Gasteiger partial charge in [0.15, 0.2) is 0 Å². The quantitative estimate of drug-likeness (QED) is 0.243. The highest BCUT2D eigenvalue weighted by Crippen LogP contribution is 2.46. The standard InChI is InChI=1S/C34H26N2/c1-4-17-28(18-5-1)35(29-19-6-2-7-20-29)33-24-12-13-25-34(33)36(30-21-8-3-9-22-30)32-26-14-16-27-15-10-11-23-31(27)32/h1-26H. The molecule has 0 fully saturated rings. The monoisotopic (exact) mass is 462 g/mol. The summed E-state index contributed by atoms with van der Waals surface area (Å²) in [5, 5.41) is 2.43. The molecule has 2 nitrogen and oxygen atoms in total.